The minimum absolute atomic E-state index is 0.0730. The van der Waals surface area contributed by atoms with E-state index >= 15 is 0 Å². The lowest BCUT2D eigenvalue weighted by atomic mass is 10.1. The highest BCUT2D eigenvalue weighted by Crippen LogP contribution is 2.34. The Kier molecular flexibility index (Phi) is 1.66. The van der Waals surface area contributed by atoms with Crippen molar-refractivity contribution >= 4 is 21.8 Å². The average molecular weight is 213 g/mol. The molecule has 80 valence electrons. The van der Waals surface area contributed by atoms with Gasteiger partial charge < -0.3 is 15.2 Å². The molecule has 0 atom stereocenters. The summed E-state index contributed by atoms with van der Waals surface area (Å²) in [5.41, 5.74) is 2.77. The molecular formula is C13H11NO2. The Morgan fingerprint density at radius 3 is 2.62 bits per heavy atom. The number of hydrogen-bond donors (Lipinski definition) is 3. The van der Waals surface area contributed by atoms with E-state index in [4.69, 9.17) is 0 Å². The van der Waals surface area contributed by atoms with Gasteiger partial charge in [-0.3, -0.25) is 0 Å². The van der Waals surface area contributed by atoms with Crippen molar-refractivity contribution in [3.63, 3.8) is 0 Å². The molecule has 3 nitrogen and oxygen atoms in total. The highest BCUT2D eigenvalue weighted by molar-refractivity contribution is 6.09. The van der Waals surface area contributed by atoms with Crippen LogP contribution < -0.4 is 0 Å². The Bertz CT molecular complexity index is 698. The molecular weight excluding hydrogens is 202 g/mol. The van der Waals surface area contributed by atoms with E-state index in [1.807, 2.05) is 25.1 Å². The van der Waals surface area contributed by atoms with E-state index in [0.717, 1.165) is 21.9 Å². The highest BCUT2D eigenvalue weighted by atomic mass is 16.3. The van der Waals surface area contributed by atoms with Crippen LogP contribution in [0.1, 0.15) is 5.56 Å². The molecule has 0 spiro atoms. The molecule has 1 aromatic heterocycles. The van der Waals surface area contributed by atoms with Crippen LogP contribution in [-0.4, -0.2) is 15.2 Å². The monoisotopic (exact) mass is 213 g/mol. The van der Waals surface area contributed by atoms with Crippen LogP contribution in [0, 0.1) is 6.92 Å². The fraction of sp³-hybridized carbons (Fsp3) is 0.0769. The quantitative estimate of drug-likeness (QED) is 0.537. The zero-order valence-electron chi connectivity index (χ0n) is 8.78. The van der Waals surface area contributed by atoms with Gasteiger partial charge in [0.25, 0.3) is 0 Å². The molecule has 2 aromatic carbocycles. The van der Waals surface area contributed by atoms with Gasteiger partial charge in [0.2, 0.25) is 0 Å². The number of fused-ring (bicyclic) bond motifs is 3. The molecule has 0 bridgehead atoms. The van der Waals surface area contributed by atoms with Gasteiger partial charge in [-0.25, -0.2) is 0 Å². The van der Waals surface area contributed by atoms with E-state index in [1.165, 1.54) is 6.07 Å². The number of benzene rings is 2. The standard InChI is InChI=1S/C13H11NO2/c1-7-2-3-11-9(4-7)10-5-8(15)6-12(16)13(10)14-11/h2-6,14-16H,1H3. The summed E-state index contributed by atoms with van der Waals surface area (Å²) in [7, 11) is 0. The largest absolute Gasteiger partial charge is 0.508 e. The third-order valence-corrected chi connectivity index (χ3v) is 2.83. The molecule has 3 aromatic rings. The maximum atomic E-state index is 9.73. The summed E-state index contributed by atoms with van der Waals surface area (Å²) in [6, 6.07) is 9.01. The number of aryl methyl sites for hydroxylation is 1. The Hall–Kier alpha value is -2.16. The number of phenolic OH excluding ortho intramolecular Hbond substituents is 2. The number of hydrogen-bond acceptors (Lipinski definition) is 2. The normalized spacial score (nSPS) is 11.3. The van der Waals surface area contributed by atoms with Gasteiger partial charge >= 0.3 is 0 Å². The summed E-state index contributed by atoms with van der Waals surface area (Å²) in [6.07, 6.45) is 0. The van der Waals surface area contributed by atoms with E-state index in [2.05, 4.69) is 4.98 Å². The predicted molar refractivity (Wildman–Crippen MR) is 63.9 cm³/mol. The molecule has 0 fully saturated rings. The number of rotatable bonds is 0. The molecule has 0 amide bonds. The second kappa shape index (κ2) is 2.92. The fourth-order valence-electron chi connectivity index (χ4n) is 2.08. The van der Waals surface area contributed by atoms with Gasteiger partial charge in [0.05, 0.1) is 5.52 Å². The van der Waals surface area contributed by atoms with Crippen molar-refractivity contribution in [3.05, 3.63) is 35.9 Å². The lowest BCUT2D eigenvalue weighted by molar-refractivity contribution is 0.454. The molecule has 0 saturated carbocycles. The smallest absolute Gasteiger partial charge is 0.143 e. The molecule has 0 unspecified atom stereocenters. The fourth-order valence-corrected chi connectivity index (χ4v) is 2.08. The number of aromatic nitrogens is 1. The Labute approximate surface area is 92.0 Å². The summed E-state index contributed by atoms with van der Waals surface area (Å²) in [5, 5.41) is 21.1. The van der Waals surface area contributed by atoms with Crippen molar-refractivity contribution in [1.82, 2.24) is 4.98 Å². The summed E-state index contributed by atoms with van der Waals surface area (Å²) >= 11 is 0. The van der Waals surface area contributed by atoms with Crippen molar-refractivity contribution in [2.75, 3.05) is 0 Å². The second-order valence-electron chi connectivity index (χ2n) is 4.06. The number of aromatic hydroxyl groups is 2. The zero-order valence-corrected chi connectivity index (χ0v) is 8.78. The summed E-state index contributed by atoms with van der Waals surface area (Å²) in [5.74, 6) is 0.149. The molecule has 3 rings (SSSR count). The van der Waals surface area contributed by atoms with Crippen LogP contribution in [-0.2, 0) is 0 Å². The first kappa shape index (κ1) is 9.09. The van der Waals surface area contributed by atoms with Gasteiger partial charge in [0.1, 0.15) is 11.5 Å². The SMILES string of the molecule is Cc1ccc2[nH]c3c(O)cc(O)cc3c2c1. The van der Waals surface area contributed by atoms with Crippen LogP contribution in [0.25, 0.3) is 21.8 Å². The van der Waals surface area contributed by atoms with Gasteiger partial charge in [-0.15, -0.1) is 0 Å². The highest BCUT2D eigenvalue weighted by Gasteiger charge is 2.09. The Morgan fingerprint density at radius 1 is 1.00 bits per heavy atom. The van der Waals surface area contributed by atoms with E-state index in [0.29, 0.717) is 5.52 Å². The average Bonchev–Trinajstić information content (AvgIpc) is 2.57. The van der Waals surface area contributed by atoms with E-state index < -0.39 is 0 Å². The Balaban J connectivity index is 2.57. The van der Waals surface area contributed by atoms with Crippen LogP contribution in [0.3, 0.4) is 0 Å². The molecule has 0 radical (unpaired) electrons. The van der Waals surface area contributed by atoms with Crippen molar-refractivity contribution in [2.45, 2.75) is 6.92 Å². The van der Waals surface area contributed by atoms with Crippen LogP contribution >= 0.6 is 0 Å². The molecule has 3 heteroatoms. The van der Waals surface area contributed by atoms with Gasteiger partial charge in [-0.05, 0) is 25.1 Å². The Morgan fingerprint density at radius 2 is 1.81 bits per heavy atom. The molecule has 1 heterocycles. The molecule has 0 saturated heterocycles. The molecule has 16 heavy (non-hydrogen) atoms. The van der Waals surface area contributed by atoms with Gasteiger partial charge in [-0.1, -0.05) is 11.6 Å². The van der Waals surface area contributed by atoms with Crippen molar-refractivity contribution in [3.8, 4) is 11.5 Å². The third kappa shape index (κ3) is 1.15. The zero-order chi connectivity index (χ0) is 11.3. The van der Waals surface area contributed by atoms with Crippen LogP contribution in [0.5, 0.6) is 11.5 Å². The topological polar surface area (TPSA) is 56.2 Å². The molecule has 0 aliphatic rings. The molecule has 3 N–H and O–H groups in total. The maximum absolute atomic E-state index is 9.73. The summed E-state index contributed by atoms with van der Waals surface area (Å²) in [4.78, 5) is 3.14. The van der Waals surface area contributed by atoms with E-state index in [9.17, 15) is 10.2 Å². The first-order valence-corrected chi connectivity index (χ1v) is 5.09. The first-order chi connectivity index (χ1) is 7.65. The minimum Gasteiger partial charge on any atom is -0.508 e. The van der Waals surface area contributed by atoms with Gasteiger partial charge in [0, 0.05) is 22.4 Å². The van der Waals surface area contributed by atoms with E-state index in [1.54, 1.807) is 6.07 Å². The van der Waals surface area contributed by atoms with E-state index in [-0.39, 0.29) is 11.5 Å². The first-order valence-electron chi connectivity index (χ1n) is 5.09. The van der Waals surface area contributed by atoms with Crippen LogP contribution in [0.15, 0.2) is 30.3 Å². The second-order valence-corrected chi connectivity index (χ2v) is 4.06. The van der Waals surface area contributed by atoms with Crippen molar-refractivity contribution in [1.29, 1.82) is 0 Å². The van der Waals surface area contributed by atoms with Crippen LogP contribution in [0.2, 0.25) is 0 Å². The summed E-state index contributed by atoms with van der Waals surface area (Å²) < 4.78 is 0. The third-order valence-electron chi connectivity index (χ3n) is 2.83. The molecule has 0 aliphatic carbocycles. The number of H-pyrrole nitrogens is 1. The van der Waals surface area contributed by atoms with Gasteiger partial charge in [-0.2, -0.15) is 0 Å². The number of nitrogens with one attached hydrogen (secondary N) is 1. The van der Waals surface area contributed by atoms with Crippen molar-refractivity contribution < 1.29 is 10.2 Å². The van der Waals surface area contributed by atoms with Crippen molar-refractivity contribution in [2.24, 2.45) is 0 Å². The van der Waals surface area contributed by atoms with Gasteiger partial charge in [0.15, 0.2) is 0 Å². The van der Waals surface area contributed by atoms with Crippen LogP contribution in [0.4, 0.5) is 0 Å². The molecule has 0 aliphatic heterocycles. The maximum Gasteiger partial charge on any atom is 0.143 e. The predicted octanol–water partition coefficient (Wildman–Crippen LogP) is 3.04. The lowest BCUT2D eigenvalue weighted by Gasteiger charge is -1.97. The number of aromatic amines is 1. The minimum atomic E-state index is 0.0730. The number of phenols is 2. The lowest BCUT2D eigenvalue weighted by Crippen LogP contribution is -1.71. The summed E-state index contributed by atoms with van der Waals surface area (Å²) in [6.45, 7) is 2.01.